The van der Waals surface area contributed by atoms with Crippen LogP contribution in [0.2, 0.25) is 0 Å². The van der Waals surface area contributed by atoms with Crippen molar-refractivity contribution in [2.45, 2.75) is 33.5 Å². The molecule has 0 heterocycles. The van der Waals surface area contributed by atoms with Gasteiger partial charge in [0.2, 0.25) is 5.79 Å². The van der Waals surface area contributed by atoms with Gasteiger partial charge < -0.3 is 19.3 Å². The van der Waals surface area contributed by atoms with Gasteiger partial charge in [-0.05, 0) is 47.9 Å². The van der Waals surface area contributed by atoms with Crippen molar-refractivity contribution in [2.75, 3.05) is 13.2 Å². The van der Waals surface area contributed by atoms with Crippen LogP contribution >= 0.6 is 0 Å². The van der Waals surface area contributed by atoms with Gasteiger partial charge in [-0.2, -0.15) is 0 Å². The monoisotopic (exact) mass is 396 g/mol. The topological polar surface area (TPSA) is 65.0 Å². The highest BCUT2D eigenvalue weighted by Gasteiger charge is 2.21. The highest BCUT2D eigenvalue weighted by atomic mass is 16.7. The molecule has 0 saturated heterocycles. The summed E-state index contributed by atoms with van der Waals surface area (Å²) in [6.45, 7) is 11.0. The highest BCUT2D eigenvalue weighted by molar-refractivity contribution is 5.74. The van der Waals surface area contributed by atoms with Gasteiger partial charge in [-0.15, -0.1) is 0 Å². The van der Waals surface area contributed by atoms with Gasteiger partial charge in [-0.25, -0.2) is 0 Å². The molecule has 29 heavy (non-hydrogen) atoms. The molecule has 0 atom stereocenters. The fourth-order valence-corrected chi connectivity index (χ4v) is 2.65. The molecule has 0 amide bonds. The normalized spacial score (nSPS) is 11.4. The molecule has 0 saturated carbocycles. The third-order valence-electron chi connectivity index (χ3n) is 4.14. The maximum Gasteiger partial charge on any atom is 0.302 e. The number of carbonyl (C=O) groups is 1. The van der Waals surface area contributed by atoms with Gasteiger partial charge in [0.05, 0.1) is 6.61 Å². The molecule has 1 N–H and O–H groups in total. The Hall–Kier alpha value is -3.05. The number of rotatable bonds is 9. The van der Waals surface area contributed by atoms with E-state index in [9.17, 15) is 9.90 Å². The van der Waals surface area contributed by atoms with Crippen LogP contribution in [0.1, 0.15) is 43.0 Å². The van der Waals surface area contributed by atoms with Crippen molar-refractivity contribution in [3.63, 3.8) is 0 Å². The molecule has 5 heteroatoms. The summed E-state index contributed by atoms with van der Waals surface area (Å²) in [6.07, 6.45) is 5.67. The summed E-state index contributed by atoms with van der Waals surface area (Å²) in [6, 6.07) is 11.2. The van der Waals surface area contributed by atoms with Crippen molar-refractivity contribution in [3.05, 3.63) is 65.2 Å². The number of benzene rings is 2. The molecule has 0 spiro atoms. The maximum atomic E-state index is 10.9. The molecule has 0 aliphatic rings. The average Bonchev–Trinajstić information content (AvgIpc) is 2.66. The fraction of sp³-hybridized carbons (Fsp3) is 0.292. The number of phenolic OH excluding ortho intramolecular Hbond substituents is 1. The Bertz CT molecular complexity index is 896. The fourth-order valence-electron chi connectivity index (χ4n) is 2.65. The molecule has 0 fully saturated rings. The van der Waals surface area contributed by atoms with E-state index in [1.807, 2.05) is 49.4 Å². The minimum atomic E-state index is -0.909. The third-order valence-corrected chi connectivity index (χ3v) is 4.14. The lowest BCUT2D eigenvalue weighted by molar-refractivity contribution is -0.170. The molecule has 0 unspecified atom stereocenters. The first kappa shape index (κ1) is 22.2. The van der Waals surface area contributed by atoms with Crippen LogP contribution in [-0.4, -0.2) is 30.1 Å². The van der Waals surface area contributed by atoms with Crippen molar-refractivity contribution in [1.29, 1.82) is 0 Å². The lowest BCUT2D eigenvalue weighted by atomic mass is 10.1. The van der Waals surface area contributed by atoms with E-state index < -0.39 is 5.79 Å². The first-order valence-electron chi connectivity index (χ1n) is 9.41. The Kier molecular flexibility index (Phi) is 7.62. The molecule has 0 aromatic heterocycles. The number of carbonyl (C=O) groups excluding carboxylic acids is 1. The Morgan fingerprint density at radius 1 is 1.10 bits per heavy atom. The largest absolute Gasteiger partial charge is 0.508 e. The highest BCUT2D eigenvalue weighted by Crippen LogP contribution is 2.28. The minimum absolute atomic E-state index is 0.171. The third kappa shape index (κ3) is 7.12. The summed E-state index contributed by atoms with van der Waals surface area (Å²) in [7, 11) is 0. The number of hydrogen-bond acceptors (Lipinski definition) is 5. The molecular weight excluding hydrogens is 368 g/mol. The van der Waals surface area contributed by atoms with Crippen molar-refractivity contribution in [1.82, 2.24) is 0 Å². The summed E-state index contributed by atoms with van der Waals surface area (Å²) in [4.78, 5) is 10.9. The Morgan fingerprint density at radius 3 is 2.48 bits per heavy atom. The Labute approximate surface area is 172 Å². The predicted octanol–water partition coefficient (Wildman–Crippen LogP) is 5.21. The van der Waals surface area contributed by atoms with E-state index in [2.05, 4.69) is 6.58 Å². The summed E-state index contributed by atoms with van der Waals surface area (Å²) >= 11 is 0. The molecular formula is C24H28O5. The SMILES string of the molecule is C=Cc1ccc(OC(C)(C)OCCOC(C)=O)c(C=Cc2ccc(O)c(C)c2)c1. The standard InChI is InChI=1S/C24H28O5/c1-6-19-9-12-23(29-24(4,5)28-14-13-27-18(3)25)21(16-19)10-7-20-8-11-22(26)17(2)15-20/h6-12,15-16,26H,1,13-14H2,2-5H3. The molecule has 2 rings (SSSR count). The van der Waals surface area contributed by atoms with Crippen LogP contribution in [0.15, 0.2) is 43.0 Å². The first-order chi connectivity index (χ1) is 13.7. The van der Waals surface area contributed by atoms with Crippen LogP contribution in [-0.2, 0) is 14.3 Å². The molecule has 0 radical (unpaired) electrons. The Balaban J connectivity index is 2.19. The lowest BCUT2D eigenvalue weighted by Crippen LogP contribution is -2.33. The van der Waals surface area contributed by atoms with Gasteiger partial charge in [0.15, 0.2) is 0 Å². The average molecular weight is 396 g/mol. The van der Waals surface area contributed by atoms with E-state index in [0.717, 1.165) is 22.3 Å². The van der Waals surface area contributed by atoms with E-state index in [1.54, 1.807) is 26.0 Å². The molecule has 2 aromatic carbocycles. The van der Waals surface area contributed by atoms with E-state index in [1.165, 1.54) is 6.92 Å². The number of hydrogen-bond donors (Lipinski definition) is 1. The summed E-state index contributed by atoms with van der Waals surface area (Å²) < 4.78 is 16.7. The number of aryl methyl sites for hydroxylation is 1. The van der Waals surface area contributed by atoms with Gasteiger partial charge in [0.25, 0.3) is 0 Å². The number of ether oxygens (including phenoxy) is 3. The van der Waals surface area contributed by atoms with Crippen molar-refractivity contribution < 1.29 is 24.1 Å². The number of aromatic hydroxyl groups is 1. The van der Waals surface area contributed by atoms with Gasteiger partial charge in [-0.3, -0.25) is 4.79 Å². The lowest BCUT2D eigenvalue weighted by Gasteiger charge is -2.27. The van der Waals surface area contributed by atoms with Crippen molar-refractivity contribution in [2.24, 2.45) is 0 Å². The van der Waals surface area contributed by atoms with Crippen LogP contribution in [0.3, 0.4) is 0 Å². The number of phenols is 1. The van der Waals surface area contributed by atoms with E-state index in [4.69, 9.17) is 14.2 Å². The zero-order valence-corrected chi connectivity index (χ0v) is 17.4. The van der Waals surface area contributed by atoms with Gasteiger partial charge in [0, 0.05) is 26.3 Å². The molecule has 5 nitrogen and oxygen atoms in total. The number of esters is 1. The summed E-state index contributed by atoms with van der Waals surface area (Å²) in [5.41, 5.74) is 3.61. The zero-order valence-electron chi connectivity index (χ0n) is 17.4. The van der Waals surface area contributed by atoms with Crippen LogP contribution in [0.25, 0.3) is 18.2 Å². The molecule has 2 aromatic rings. The second-order valence-electron chi connectivity index (χ2n) is 7.07. The van der Waals surface area contributed by atoms with Crippen molar-refractivity contribution in [3.8, 4) is 11.5 Å². The zero-order chi connectivity index (χ0) is 21.4. The van der Waals surface area contributed by atoms with E-state index in [0.29, 0.717) is 5.75 Å². The quantitative estimate of drug-likeness (QED) is 0.273. The van der Waals surface area contributed by atoms with E-state index >= 15 is 0 Å². The predicted molar refractivity (Wildman–Crippen MR) is 116 cm³/mol. The Morgan fingerprint density at radius 2 is 1.83 bits per heavy atom. The van der Waals surface area contributed by atoms with Crippen LogP contribution < -0.4 is 4.74 Å². The van der Waals surface area contributed by atoms with Crippen LogP contribution in [0.4, 0.5) is 0 Å². The molecule has 154 valence electrons. The molecule has 0 aliphatic carbocycles. The van der Waals surface area contributed by atoms with Crippen molar-refractivity contribution >= 4 is 24.2 Å². The summed E-state index contributed by atoms with van der Waals surface area (Å²) in [5, 5.41) is 9.69. The van der Waals surface area contributed by atoms with Gasteiger partial charge in [-0.1, -0.05) is 36.9 Å². The maximum absolute atomic E-state index is 10.9. The summed E-state index contributed by atoms with van der Waals surface area (Å²) in [5.74, 6) is -0.329. The molecule has 0 bridgehead atoms. The van der Waals surface area contributed by atoms with Crippen LogP contribution in [0.5, 0.6) is 11.5 Å². The van der Waals surface area contributed by atoms with Gasteiger partial charge >= 0.3 is 5.97 Å². The smallest absolute Gasteiger partial charge is 0.302 e. The molecule has 0 aliphatic heterocycles. The second-order valence-corrected chi connectivity index (χ2v) is 7.07. The van der Waals surface area contributed by atoms with E-state index in [-0.39, 0.29) is 24.9 Å². The first-order valence-corrected chi connectivity index (χ1v) is 9.41. The van der Waals surface area contributed by atoms with Gasteiger partial charge in [0.1, 0.15) is 18.1 Å². The van der Waals surface area contributed by atoms with Crippen LogP contribution in [0, 0.1) is 6.92 Å². The minimum Gasteiger partial charge on any atom is -0.508 e. The second kappa shape index (κ2) is 9.94.